The Labute approximate surface area is 611 Å². The van der Waals surface area contributed by atoms with Crippen molar-refractivity contribution in [2.24, 2.45) is 39.4 Å². The molecule has 10 aliphatic rings. The van der Waals surface area contributed by atoms with E-state index in [2.05, 4.69) is 28.8 Å². The summed E-state index contributed by atoms with van der Waals surface area (Å²) in [5.74, 6) is -1.09. The van der Waals surface area contributed by atoms with E-state index in [9.17, 15) is 97.1 Å². The van der Waals surface area contributed by atoms with Gasteiger partial charge in [0.05, 0.1) is 50.8 Å². The van der Waals surface area contributed by atoms with Crippen LogP contribution in [0.3, 0.4) is 0 Å². The van der Waals surface area contributed by atoms with Crippen molar-refractivity contribution in [2.45, 2.75) is 271 Å². The molecule has 0 aromatic carbocycles. The number of fused-ring (bicyclic) bond motifs is 4. The number of methoxy groups -OCH3 is 1. The molecule has 0 amide bonds. The number of aliphatic hydroxyl groups is 13. The minimum Gasteiger partial charge on any atom is -0.726 e. The molecule has 13 N–H and O–H groups in total. The number of carbonyl (C=O) groups excluding carboxylic acids is 1. The summed E-state index contributed by atoms with van der Waals surface area (Å²) in [6, 6.07) is 0. The van der Waals surface area contributed by atoms with Gasteiger partial charge in [-0.15, -0.1) is 0 Å². The van der Waals surface area contributed by atoms with Crippen molar-refractivity contribution < 1.29 is 221 Å². The fourth-order valence-electron chi connectivity index (χ4n) is 17.8. The molecule has 6 saturated heterocycles. The largest absolute Gasteiger partial charge is 1.00 e. The van der Waals surface area contributed by atoms with Gasteiger partial charge in [0.15, 0.2) is 31.5 Å². The molecule has 0 radical (unpaired) electrons. The first kappa shape index (κ1) is 83.4. The first-order valence-corrected chi connectivity index (χ1v) is 35.0. The van der Waals surface area contributed by atoms with Gasteiger partial charge in [0.1, 0.15) is 121 Å². The Bertz CT molecular complexity index is 3030. The number of esters is 1. The third kappa shape index (κ3) is 15.5. The Balaban J connectivity index is 0.00000612. The maximum atomic E-state index is 14.6. The predicted octanol–water partition coefficient (Wildman–Crippen LogP) is -10.6. The number of rotatable bonds is 22. The van der Waals surface area contributed by atoms with Gasteiger partial charge in [-0.3, -0.25) is 13.2 Å². The summed E-state index contributed by atoms with van der Waals surface area (Å²) in [5, 5.41) is 147. The van der Waals surface area contributed by atoms with Gasteiger partial charge < -0.3 is 132 Å². The molecule has 4 aliphatic carbocycles. The minimum absolute atomic E-state index is 0. The third-order valence-corrected chi connectivity index (χ3v) is 23.8. The van der Waals surface area contributed by atoms with Crippen LogP contribution in [0, 0.1) is 39.4 Å². The molecule has 34 nitrogen and oxygen atoms in total. The number of hydrogen-bond acceptors (Lipinski definition) is 34. The zero-order valence-corrected chi connectivity index (χ0v) is 61.9. The molecule has 6 aliphatic heterocycles. The van der Waals surface area contributed by atoms with Gasteiger partial charge in [0.2, 0.25) is 20.8 Å². The Hall–Kier alpha value is -0.270. The predicted molar refractivity (Wildman–Crippen MR) is 313 cm³/mol. The van der Waals surface area contributed by atoms with Crippen LogP contribution >= 0.6 is 0 Å². The molecule has 9 fully saturated rings. The quantitative estimate of drug-likeness (QED) is 0.0120. The second-order valence-corrected chi connectivity index (χ2v) is 30.9. The van der Waals surface area contributed by atoms with Crippen LogP contribution < -0.4 is 59.1 Å². The molecule has 552 valence electrons. The van der Waals surface area contributed by atoms with Crippen molar-refractivity contribution in [1.82, 2.24) is 0 Å². The summed E-state index contributed by atoms with van der Waals surface area (Å²) in [7, 11) is -9.74. The van der Waals surface area contributed by atoms with Crippen LogP contribution in [-0.4, -0.2) is 303 Å². The topological polar surface area (TPSA) is 524 Å². The van der Waals surface area contributed by atoms with Gasteiger partial charge in [-0.05, 0) is 100 Å². The van der Waals surface area contributed by atoms with Crippen LogP contribution in [0.5, 0.6) is 0 Å². The summed E-state index contributed by atoms with van der Waals surface area (Å²) >= 11 is 0. The number of aliphatic hydroxyl groups excluding tert-OH is 13. The normalized spacial score (nSPS) is 48.9. The number of hydrogen-bond donors (Lipinski definition) is 13. The van der Waals surface area contributed by atoms with E-state index in [-0.39, 0.29) is 76.9 Å². The molecule has 3 saturated carbocycles. The van der Waals surface area contributed by atoms with Crippen molar-refractivity contribution in [1.29, 1.82) is 0 Å². The fraction of sp³-hybridized carbons (Fsp3) is 0.917. The van der Waals surface area contributed by atoms with Crippen LogP contribution in [0.2, 0.25) is 0 Å². The third-order valence-electron chi connectivity index (χ3n) is 22.9. The van der Waals surface area contributed by atoms with Crippen LogP contribution in [-0.2, 0) is 90.8 Å². The Morgan fingerprint density at radius 3 is 1.77 bits per heavy atom. The van der Waals surface area contributed by atoms with Crippen molar-refractivity contribution in [3.05, 3.63) is 23.8 Å². The number of ether oxygens (including phenoxy) is 12. The van der Waals surface area contributed by atoms with Gasteiger partial charge in [-0.25, -0.2) is 16.8 Å². The van der Waals surface area contributed by atoms with Crippen LogP contribution in [0.25, 0.3) is 0 Å². The first-order valence-electron chi connectivity index (χ1n) is 32.3. The average Bonchev–Trinajstić information content (AvgIpc) is 1.46. The summed E-state index contributed by atoms with van der Waals surface area (Å²) < 4.78 is 149. The van der Waals surface area contributed by atoms with Crippen LogP contribution in [0.1, 0.15) is 99.8 Å². The van der Waals surface area contributed by atoms with Crippen LogP contribution in [0.4, 0.5) is 0 Å². The van der Waals surface area contributed by atoms with Gasteiger partial charge in [0.25, 0.3) is 0 Å². The van der Waals surface area contributed by atoms with Gasteiger partial charge in [-0.2, -0.15) is 0 Å². The maximum absolute atomic E-state index is 14.6. The maximum Gasteiger partial charge on any atom is 1.00 e. The Morgan fingerprint density at radius 1 is 0.633 bits per heavy atom. The summed E-state index contributed by atoms with van der Waals surface area (Å²) in [6.45, 7) is 13.2. The van der Waals surface area contributed by atoms with E-state index in [1.165, 1.54) is 6.92 Å². The smallest absolute Gasteiger partial charge is 0.726 e. The average molecular weight is 1470 g/mol. The van der Waals surface area contributed by atoms with E-state index in [0.29, 0.717) is 56.9 Å². The molecule has 0 aromatic rings. The van der Waals surface area contributed by atoms with E-state index in [4.69, 9.17) is 56.8 Å². The summed E-state index contributed by atoms with van der Waals surface area (Å²) in [5.41, 5.74) is -2.65. The molecule has 0 bridgehead atoms. The van der Waals surface area contributed by atoms with E-state index >= 15 is 0 Å². The number of allylic oxidation sites excluding steroid dienone is 1. The summed E-state index contributed by atoms with van der Waals surface area (Å²) in [6.07, 6.45) is -42.3. The van der Waals surface area contributed by atoms with Crippen molar-refractivity contribution in [2.75, 3.05) is 33.5 Å². The fourth-order valence-corrected chi connectivity index (χ4v) is 18.4. The van der Waals surface area contributed by atoms with E-state index in [1.807, 2.05) is 26.8 Å². The van der Waals surface area contributed by atoms with E-state index in [1.54, 1.807) is 6.92 Å². The molecular weight excluding hydrogens is 1370 g/mol. The SMILES string of the molecule is C=C(C)C(O)CC[C@]1(C)OC(=O)[C@]23[C@@H](O)C=C4[C@@H](CC[C@H]5C(C)(C)[C@@H](O[C@@H]6OC[C@@H](O[C@@H]7O[C@H](COS(=O)(=O)[O-])[C@@H](O)[C@H](O)[C@H]7O)[C@H](O)[C@H]6O[C@@H]6O[C@H](C)[C@@H](O[C@@H]7O[C@H](COS(=O)(=O)[O-])[C@@H](O)[C@H](O[C@@H]8O[C@H](CO)[C@@H](O)[C@H](OC)[C@H]8O)[C@H]7O)[C@H](O)[C@H]6O)CC[C@]45C)[C@]2(C)CC[C@@H]31.[Na+].[Na+]. The second-order valence-electron chi connectivity index (χ2n) is 28.8. The first-order chi connectivity index (χ1) is 44.7. The zero-order valence-electron chi connectivity index (χ0n) is 56.3. The van der Waals surface area contributed by atoms with E-state index < -0.39 is 246 Å². The number of cyclic esters (lactones) is 1. The molecule has 10 rings (SSSR count). The standard InChI is InChI=1S/C60H96O34S2.2Na/c1-23(2)27(62)12-17-59(8)33-13-16-58(7)25-10-11-32-56(4,5)35(14-15-57(32,6)26(25)18-34(63)60(33,58)55(74)94-59)90-54-49(39(67)29(20-82-54)87-51-42(70)40(68)36(64)30(88-51)21-83-95(75,76)77)93-50-43(71)41(69)46(24(3)85-50)91-53-45(73)48(38(66)31(89-53)22-84-96(78,79)80)92-52-44(72)47(81-9)37(65)28(19-61)86-52;;/h18,24-25,27-54,61-73H,1,10-17,19-22H2,2-9H3,(H,75,76,77)(H,78,79,80);;/q;2*+1/p-2/t24-,25-,27?,28-,29-,30-,31-,32+,33-,34+,35+,36-,37-,38-,39+,40+,41-,42-,43-,44-,45-,46-,47+,48+,49-,50+,51-,52+,53+,54+,57-,58+,59+,60+;;/m1../s1. The number of carbonyl (C=O) groups is 1. The minimum atomic E-state index is -5.48. The van der Waals surface area contributed by atoms with E-state index in [0.717, 1.165) is 12.7 Å². The molecule has 0 aromatic heterocycles. The molecule has 1 unspecified atom stereocenters. The molecule has 38 heteroatoms. The van der Waals surface area contributed by atoms with Gasteiger partial charge in [0, 0.05) is 13.0 Å². The zero-order chi connectivity index (χ0) is 70.6. The van der Waals surface area contributed by atoms with Crippen molar-refractivity contribution in [3.8, 4) is 0 Å². The molecular formula is C60H94Na2O34S2. The second kappa shape index (κ2) is 31.5. The van der Waals surface area contributed by atoms with Crippen molar-refractivity contribution >= 4 is 26.8 Å². The van der Waals surface area contributed by atoms with Gasteiger partial charge in [-0.1, -0.05) is 51.5 Å². The Morgan fingerprint density at radius 2 is 1.17 bits per heavy atom. The molecule has 1 spiro atoms. The van der Waals surface area contributed by atoms with Crippen LogP contribution in [0.15, 0.2) is 23.8 Å². The van der Waals surface area contributed by atoms with Crippen molar-refractivity contribution in [3.63, 3.8) is 0 Å². The molecule has 6 heterocycles. The Kier molecular flexibility index (Phi) is 26.8. The summed E-state index contributed by atoms with van der Waals surface area (Å²) in [4.78, 5) is 14.6. The monoisotopic (exact) mass is 1470 g/mol. The van der Waals surface area contributed by atoms with Gasteiger partial charge >= 0.3 is 65.1 Å². The molecule has 34 atom stereocenters. The molecule has 98 heavy (non-hydrogen) atoms.